The molecule has 1 aliphatic rings. The van der Waals surface area contributed by atoms with E-state index in [1.807, 2.05) is 4.90 Å². The van der Waals surface area contributed by atoms with Crippen molar-refractivity contribution in [2.45, 2.75) is 12.5 Å². The standard InChI is InChI=1S/C12H17N3O4/c1-17-11-7-13-6-10(14-11)15-3-4-19-9(8-15)5-12(16)18-2/h6-7,9H,3-5,8H2,1-2H3. The Morgan fingerprint density at radius 3 is 3.11 bits per heavy atom. The van der Waals surface area contributed by atoms with Gasteiger partial charge in [0.2, 0.25) is 5.88 Å². The molecule has 1 aliphatic heterocycles. The lowest BCUT2D eigenvalue weighted by molar-refractivity contribution is -0.144. The van der Waals surface area contributed by atoms with Gasteiger partial charge in [-0.05, 0) is 0 Å². The number of aromatic nitrogens is 2. The van der Waals surface area contributed by atoms with Crippen LogP contribution in [0.2, 0.25) is 0 Å². The highest BCUT2D eigenvalue weighted by atomic mass is 16.5. The molecule has 0 radical (unpaired) electrons. The third kappa shape index (κ3) is 3.54. The van der Waals surface area contributed by atoms with Gasteiger partial charge in [-0.2, -0.15) is 4.98 Å². The topological polar surface area (TPSA) is 73.8 Å². The Morgan fingerprint density at radius 2 is 2.37 bits per heavy atom. The van der Waals surface area contributed by atoms with Crippen molar-refractivity contribution in [1.82, 2.24) is 9.97 Å². The predicted molar refractivity (Wildman–Crippen MR) is 67.2 cm³/mol. The lowest BCUT2D eigenvalue weighted by Crippen LogP contribution is -2.43. The summed E-state index contributed by atoms with van der Waals surface area (Å²) in [5.41, 5.74) is 0. The van der Waals surface area contributed by atoms with Gasteiger partial charge in [-0.15, -0.1) is 0 Å². The van der Waals surface area contributed by atoms with Gasteiger partial charge in [-0.3, -0.25) is 9.78 Å². The van der Waals surface area contributed by atoms with Crippen LogP contribution in [0.5, 0.6) is 5.88 Å². The van der Waals surface area contributed by atoms with E-state index in [0.717, 1.165) is 5.82 Å². The summed E-state index contributed by atoms with van der Waals surface area (Å²) in [6.45, 7) is 1.83. The summed E-state index contributed by atoms with van der Waals surface area (Å²) in [6, 6.07) is 0. The van der Waals surface area contributed by atoms with E-state index in [0.29, 0.717) is 25.6 Å². The van der Waals surface area contributed by atoms with Crippen molar-refractivity contribution >= 4 is 11.8 Å². The van der Waals surface area contributed by atoms with Crippen molar-refractivity contribution in [3.05, 3.63) is 12.4 Å². The van der Waals surface area contributed by atoms with Gasteiger partial charge in [-0.1, -0.05) is 0 Å². The van der Waals surface area contributed by atoms with E-state index in [9.17, 15) is 4.79 Å². The SMILES string of the molecule is COC(=O)CC1CN(c2cncc(OC)n2)CCO1. The minimum Gasteiger partial charge on any atom is -0.480 e. The third-order valence-corrected chi connectivity index (χ3v) is 2.89. The quantitative estimate of drug-likeness (QED) is 0.724. The number of methoxy groups -OCH3 is 2. The van der Waals surface area contributed by atoms with Crippen molar-refractivity contribution in [3.63, 3.8) is 0 Å². The van der Waals surface area contributed by atoms with E-state index in [4.69, 9.17) is 9.47 Å². The average molecular weight is 267 g/mol. The third-order valence-electron chi connectivity index (χ3n) is 2.89. The normalized spacial score (nSPS) is 19.1. The van der Waals surface area contributed by atoms with Crippen LogP contribution < -0.4 is 9.64 Å². The number of nitrogens with zero attached hydrogens (tertiary/aromatic N) is 3. The van der Waals surface area contributed by atoms with Gasteiger partial charge >= 0.3 is 5.97 Å². The first-order chi connectivity index (χ1) is 9.22. The van der Waals surface area contributed by atoms with Crippen LogP contribution >= 0.6 is 0 Å². The second kappa shape index (κ2) is 6.33. The van der Waals surface area contributed by atoms with E-state index in [1.54, 1.807) is 19.5 Å². The smallest absolute Gasteiger partial charge is 0.308 e. The molecular weight excluding hydrogens is 250 g/mol. The van der Waals surface area contributed by atoms with Crippen molar-refractivity contribution in [2.24, 2.45) is 0 Å². The summed E-state index contributed by atoms with van der Waals surface area (Å²) >= 11 is 0. The van der Waals surface area contributed by atoms with Crippen molar-refractivity contribution in [2.75, 3.05) is 38.8 Å². The minimum atomic E-state index is -0.274. The number of carbonyl (C=O) groups excluding carboxylic acids is 1. The van der Waals surface area contributed by atoms with E-state index < -0.39 is 0 Å². The van der Waals surface area contributed by atoms with Crippen molar-refractivity contribution in [1.29, 1.82) is 0 Å². The number of rotatable bonds is 4. The van der Waals surface area contributed by atoms with Crippen LogP contribution in [-0.4, -0.2) is 56.0 Å². The maximum Gasteiger partial charge on any atom is 0.308 e. The first-order valence-electron chi connectivity index (χ1n) is 6.02. The Morgan fingerprint density at radius 1 is 1.53 bits per heavy atom. The maximum atomic E-state index is 11.3. The van der Waals surface area contributed by atoms with Crippen LogP contribution in [0.1, 0.15) is 6.42 Å². The molecule has 0 saturated carbocycles. The summed E-state index contributed by atoms with van der Waals surface area (Å²) in [7, 11) is 2.92. The molecule has 104 valence electrons. The van der Waals surface area contributed by atoms with E-state index >= 15 is 0 Å². The molecule has 0 N–H and O–H groups in total. The number of anilines is 1. The molecule has 1 atom stereocenters. The molecule has 1 unspecified atom stereocenters. The van der Waals surface area contributed by atoms with Gasteiger partial charge in [0.25, 0.3) is 0 Å². The molecule has 7 heteroatoms. The van der Waals surface area contributed by atoms with Gasteiger partial charge in [0.1, 0.15) is 0 Å². The van der Waals surface area contributed by atoms with Gasteiger partial charge in [-0.25, -0.2) is 0 Å². The van der Waals surface area contributed by atoms with Crippen LogP contribution in [0, 0.1) is 0 Å². The molecule has 2 heterocycles. The molecule has 1 aromatic rings. The van der Waals surface area contributed by atoms with Crippen molar-refractivity contribution < 1.29 is 19.0 Å². The van der Waals surface area contributed by atoms with Crippen molar-refractivity contribution in [3.8, 4) is 5.88 Å². The Labute approximate surface area is 111 Å². The number of carbonyl (C=O) groups is 1. The number of hydrogen-bond acceptors (Lipinski definition) is 7. The summed E-state index contributed by atoms with van der Waals surface area (Å²) in [5.74, 6) is 0.912. The average Bonchev–Trinajstić information content (AvgIpc) is 2.47. The van der Waals surface area contributed by atoms with E-state index in [-0.39, 0.29) is 18.5 Å². The second-order valence-electron chi connectivity index (χ2n) is 4.14. The molecular formula is C12H17N3O4. The highest BCUT2D eigenvalue weighted by Gasteiger charge is 2.24. The molecule has 1 aromatic heterocycles. The van der Waals surface area contributed by atoms with Gasteiger partial charge in [0, 0.05) is 13.1 Å². The van der Waals surface area contributed by atoms with E-state index in [2.05, 4.69) is 14.7 Å². The molecule has 1 saturated heterocycles. The molecule has 0 aliphatic carbocycles. The molecule has 0 aromatic carbocycles. The maximum absolute atomic E-state index is 11.3. The fourth-order valence-corrected chi connectivity index (χ4v) is 1.91. The highest BCUT2D eigenvalue weighted by molar-refractivity contribution is 5.69. The summed E-state index contributed by atoms with van der Waals surface area (Å²) in [6.07, 6.45) is 3.28. The second-order valence-corrected chi connectivity index (χ2v) is 4.14. The molecule has 0 spiro atoms. The zero-order chi connectivity index (χ0) is 13.7. The van der Waals surface area contributed by atoms with Crippen LogP contribution in [-0.2, 0) is 14.3 Å². The predicted octanol–water partition coefficient (Wildman–Crippen LogP) is 0.253. The number of morpholine rings is 1. The Balaban J connectivity index is 2.01. The van der Waals surface area contributed by atoms with Crippen LogP contribution in [0.15, 0.2) is 12.4 Å². The van der Waals surface area contributed by atoms with Crippen LogP contribution in [0.25, 0.3) is 0 Å². The largest absolute Gasteiger partial charge is 0.480 e. The molecule has 19 heavy (non-hydrogen) atoms. The molecule has 0 bridgehead atoms. The lowest BCUT2D eigenvalue weighted by atomic mass is 10.2. The number of esters is 1. The molecule has 2 rings (SSSR count). The fraction of sp³-hybridized carbons (Fsp3) is 0.583. The fourth-order valence-electron chi connectivity index (χ4n) is 1.91. The summed E-state index contributed by atoms with van der Waals surface area (Å²) < 4.78 is 15.2. The monoisotopic (exact) mass is 267 g/mol. The number of ether oxygens (including phenoxy) is 3. The lowest BCUT2D eigenvalue weighted by Gasteiger charge is -2.33. The molecule has 1 fully saturated rings. The zero-order valence-corrected chi connectivity index (χ0v) is 11.0. The van der Waals surface area contributed by atoms with E-state index in [1.165, 1.54) is 7.11 Å². The Hall–Kier alpha value is -1.89. The van der Waals surface area contributed by atoms with Gasteiger partial charge in [0.15, 0.2) is 5.82 Å². The molecule has 7 nitrogen and oxygen atoms in total. The van der Waals surface area contributed by atoms with Gasteiger partial charge in [0.05, 0.1) is 45.7 Å². The summed E-state index contributed by atoms with van der Waals surface area (Å²) in [5, 5.41) is 0. The first kappa shape index (κ1) is 13.5. The first-order valence-corrected chi connectivity index (χ1v) is 6.02. The highest BCUT2D eigenvalue weighted by Crippen LogP contribution is 2.18. The minimum absolute atomic E-state index is 0.186. The zero-order valence-electron chi connectivity index (χ0n) is 11.0. The van der Waals surface area contributed by atoms with Gasteiger partial charge < -0.3 is 19.1 Å². The molecule has 0 amide bonds. The summed E-state index contributed by atoms with van der Waals surface area (Å²) in [4.78, 5) is 21.7. The Kier molecular flexibility index (Phi) is 4.51. The Bertz CT molecular complexity index is 441. The van der Waals surface area contributed by atoms with Crippen LogP contribution in [0.3, 0.4) is 0 Å². The number of hydrogen-bond donors (Lipinski definition) is 0. The van der Waals surface area contributed by atoms with Crippen LogP contribution in [0.4, 0.5) is 5.82 Å².